The van der Waals surface area contributed by atoms with Crippen LogP contribution in [0.3, 0.4) is 0 Å². The van der Waals surface area contributed by atoms with Crippen LogP contribution in [0.2, 0.25) is 5.02 Å². The first kappa shape index (κ1) is 26.9. The topological polar surface area (TPSA) is 90.6 Å². The van der Waals surface area contributed by atoms with Gasteiger partial charge >= 0.3 is 0 Å². The molecule has 2 aromatic carbocycles. The van der Waals surface area contributed by atoms with Crippen molar-refractivity contribution in [1.82, 2.24) is 25.2 Å². The minimum absolute atomic E-state index is 0.0166. The predicted molar refractivity (Wildman–Crippen MR) is 145 cm³/mol. The second-order valence-electron chi connectivity index (χ2n) is 8.42. The first-order valence-corrected chi connectivity index (χ1v) is 13.7. The van der Waals surface area contributed by atoms with Gasteiger partial charge in [0.1, 0.15) is 16.7 Å². The van der Waals surface area contributed by atoms with Gasteiger partial charge in [-0.2, -0.15) is 0 Å². The van der Waals surface area contributed by atoms with E-state index in [1.165, 1.54) is 84.2 Å². The molecule has 2 aromatic heterocycles. The Labute approximate surface area is 235 Å². The summed E-state index contributed by atoms with van der Waals surface area (Å²) in [5.74, 6) is -1.26. The highest BCUT2D eigenvalue weighted by atomic mass is 35.5. The number of benzene rings is 2. The Morgan fingerprint density at radius 1 is 0.897 bits per heavy atom. The predicted octanol–water partition coefficient (Wildman–Crippen LogP) is 6.71. The number of rotatable bonds is 10. The van der Waals surface area contributed by atoms with E-state index in [0.29, 0.717) is 26.3 Å². The van der Waals surface area contributed by atoms with E-state index in [1.807, 2.05) is 6.07 Å². The van der Waals surface area contributed by atoms with Gasteiger partial charge in [0.05, 0.1) is 11.1 Å². The van der Waals surface area contributed by atoms with Crippen LogP contribution >= 0.6 is 35.1 Å². The van der Waals surface area contributed by atoms with E-state index >= 15 is 0 Å². The van der Waals surface area contributed by atoms with Gasteiger partial charge in [-0.3, -0.25) is 9.59 Å². The van der Waals surface area contributed by atoms with E-state index in [0.717, 1.165) is 12.0 Å². The highest BCUT2D eigenvalue weighted by Crippen LogP contribution is 2.54. The molecule has 4 aromatic rings. The maximum atomic E-state index is 13.1. The van der Waals surface area contributed by atoms with Crippen LogP contribution in [-0.4, -0.2) is 36.8 Å². The Kier molecular flexibility index (Phi) is 8.30. The lowest BCUT2D eigenvalue weighted by Crippen LogP contribution is -2.01. The lowest BCUT2D eigenvalue weighted by atomic mass is 10.1. The van der Waals surface area contributed by atoms with Crippen molar-refractivity contribution >= 4 is 46.7 Å². The Balaban J connectivity index is 1.21. The van der Waals surface area contributed by atoms with Crippen LogP contribution in [0, 0.1) is 11.6 Å². The van der Waals surface area contributed by atoms with Crippen LogP contribution in [-0.2, 0) is 0 Å². The average Bonchev–Trinajstić information content (AvgIpc) is 3.58. The van der Waals surface area contributed by atoms with Crippen LogP contribution in [0.15, 0.2) is 93.9 Å². The molecule has 7 nitrogen and oxygen atoms in total. The second kappa shape index (κ2) is 12.0. The molecule has 0 bridgehead atoms. The van der Waals surface area contributed by atoms with Crippen molar-refractivity contribution < 1.29 is 18.4 Å². The van der Waals surface area contributed by atoms with E-state index in [1.54, 1.807) is 21.7 Å². The third-order valence-electron chi connectivity index (χ3n) is 5.87. The summed E-state index contributed by atoms with van der Waals surface area (Å²) >= 11 is 9.09. The van der Waals surface area contributed by atoms with Crippen molar-refractivity contribution in [3.63, 3.8) is 0 Å². The Morgan fingerprint density at radius 3 is 2.10 bits per heavy atom. The van der Waals surface area contributed by atoms with Crippen molar-refractivity contribution in [3.8, 4) is 0 Å². The normalized spacial score (nSPS) is 16.7. The molecule has 0 amide bonds. The molecule has 2 atom stereocenters. The van der Waals surface area contributed by atoms with Gasteiger partial charge in [0.15, 0.2) is 11.6 Å². The van der Waals surface area contributed by atoms with Gasteiger partial charge in [-0.25, -0.2) is 18.4 Å². The molecule has 0 radical (unpaired) electrons. The van der Waals surface area contributed by atoms with Gasteiger partial charge < -0.3 is 0 Å². The summed E-state index contributed by atoms with van der Waals surface area (Å²) in [6.45, 7) is 0. The van der Waals surface area contributed by atoms with Gasteiger partial charge in [0.25, 0.3) is 0 Å². The third-order valence-corrected chi connectivity index (χ3v) is 7.94. The van der Waals surface area contributed by atoms with Crippen molar-refractivity contribution in [2.75, 3.05) is 0 Å². The second-order valence-corrected chi connectivity index (χ2v) is 10.6. The number of nitrogens with zero attached hydrogens (tertiary/aromatic N) is 5. The Hall–Kier alpha value is -3.67. The Morgan fingerprint density at radius 2 is 1.49 bits per heavy atom. The van der Waals surface area contributed by atoms with Crippen molar-refractivity contribution in [2.45, 2.75) is 28.6 Å². The molecule has 0 N–H and O–H groups in total. The minimum atomic E-state index is -0.406. The number of thioether (sulfide) groups is 2. The van der Waals surface area contributed by atoms with E-state index in [-0.39, 0.29) is 23.5 Å². The van der Waals surface area contributed by atoms with E-state index in [2.05, 4.69) is 20.5 Å². The molecule has 1 fully saturated rings. The molecule has 0 aliphatic heterocycles. The average molecular weight is 582 g/mol. The summed E-state index contributed by atoms with van der Waals surface area (Å²) in [5, 5.41) is 16.7. The zero-order valence-electron chi connectivity index (χ0n) is 19.9. The zero-order chi connectivity index (χ0) is 27.4. The van der Waals surface area contributed by atoms with Gasteiger partial charge in [0.2, 0.25) is 5.16 Å². The molecule has 39 heavy (non-hydrogen) atoms. The van der Waals surface area contributed by atoms with Crippen LogP contribution in [0.5, 0.6) is 0 Å². The number of ketones is 2. The van der Waals surface area contributed by atoms with Gasteiger partial charge in [-0.15, -0.1) is 5.10 Å². The first-order chi connectivity index (χ1) is 18.9. The highest BCUT2D eigenvalue weighted by molar-refractivity contribution is 8.02. The fourth-order valence-electron chi connectivity index (χ4n) is 3.80. The van der Waals surface area contributed by atoms with Crippen molar-refractivity contribution in [1.29, 1.82) is 0 Å². The van der Waals surface area contributed by atoms with Crippen molar-refractivity contribution in [3.05, 3.63) is 117 Å². The maximum Gasteiger partial charge on any atom is 0.213 e. The lowest BCUT2D eigenvalue weighted by molar-refractivity contribution is 0.103. The fourth-order valence-corrected chi connectivity index (χ4v) is 5.53. The van der Waals surface area contributed by atoms with Gasteiger partial charge in [0, 0.05) is 23.2 Å². The Bertz CT molecular complexity index is 1580. The molecule has 2 unspecified atom stereocenters. The maximum absolute atomic E-state index is 13.1. The number of tetrazole rings is 1. The molecular formula is C27H18ClF2N5O2S2. The molecule has 1 saturated carbocycles. The monoisotopic (exact) mass is 581 g/mol. The zero-order valence-corrected chi connectivity index (χ0v) is 22.3. The molecular weight excluding hydrogens is 564 g/mol. The number of hydrogen-bond donors (Lipinski definition) is 0. The van der Waals surface area contributed by atoms with Crippen LogP contribution in [0.25, 0.3) is 0 Å². The number of hydrogen-bond acceptors (Lipinski definition) is 8. The molecule has 0 saturated heterocycles. The quantitative estimate of drug-likeness (QED) is 0.116. The number of aromatic nitrogens is 5. The molecule has 0 spiro atoms. The number of carbonyl (C=O) groups excluding carboxylic acids is 2. The smallest absolute Gasteiger partial charge is 0.213 e. The number of pyridine rings is 1. The summed E-state index contributed by atoms with van der Waals surface area (Å²) in [7, 11) is 0. The molecule has 5 rings (SSSR count). The first-order valence-electron chi connectivity index (χ1n) is 11.6. The largest absolute Gasteiger partial charge is 0.289 e. The summed E-state index contributed by atoms with van der Waals surface area (Å²) in [6, 6.07) is 12.5. The van der Waals surface area contributed by atoms with Crippen LogP contribution < -0.4 is 0 Å². The van der Waals surface area contributed by atoms with Gasteiger partial charge in [-0.1, -0.05) is 35.1 Å². The summed E-state index contributed by atoms with van der Waals surface area (Å²) in [5.41, 5.74) is 1.66. The highest BCUT2D eigenvalue weighted by Gasteiger charge is 2.43. The molecule has 1 aliphatic carbocycles. The fraction of sp³-hybridized carbons (Fsp3) is 0.111. The third kappa shape index (κ3) is 6.49. The summed E-state index contributed by atoms with van der Waals surface area (Å²) in [4.78, 5) is 28.9. The number of allylic oxidation sites excluding steroid dienone is 2. The number of halogens is 3. The van der Waals surface area contributed by atoms with Crippen molar-refractivity contribution in [2.24, 2.45) is 0 Å². The standard InChI is InChI=1S/C27H18ClF2N5O2S2/c28-25-20(9-12-31-26(25)38-13-10-23(36)16-1-5-18(29)6-2-16)21-15-22(21)35-27(32-33-34-35)39-14-11-24(37)17-3-7-19(30)8-4-17/h1-14,21-22H,15H2/b13-10+,14-11+. The SMILES string of the molecule is O=C(/C=C/Sc1nccc(C2CC2n2nnnc2S/C=C/C(=O)c2ccc(F)cc2)c1Cl)c1ccc(F)cc1. The number of carbonyl (C=O) groups is 2. The minimum Gasteiger partial charge on any atom is -0.289 e. The molecule has 196 valence electrons. The van der Waals surface area contributed by atoms with E-state index in [4.69, 9.17) is 11.6 Å². The van der Waals surface area contributed by atoms with E-state index < -0.39 is 11.6 Å². The summed E-state index contributed by atoms with van der Waals surface area (Å²) < 4.78 is 27.8. The molecule has 1 aliphatic rings. The van der Waals surface area contributed by atoms with Crippen LogP contribution in [0.1, 0.15) is 44.7 Å². The van der Waals surface area contributed by atoms with E-state index in [9.17, 15) is 18.4 Å². The molecule has 12 heteroatoms. The summed E-state index contributed by atoms with van der Waals surface area (Å²) in [6.07, 6.45) is 5.21. The lowest BCUT2D eigenvalue weighted by Gasteiger charge is -2.07. The van der Waals surface area contributed by atoms with Crippen LogP contribution in [0.4, 0.5) is 8.78 Å². The van der Waals surface area contributed by atoms with Gasteiger partial charge in [-0.05, 0) is 100.0 Å². The molecule has 2 heterocycles.